The number of ether oxygens (including phenoxy) is 1. The van der Waals surface area contributed by atoms with E-state index in [1.54, 1.807) is 25.1 Å². The van der Waals surface area contributed by atoms with Gasteiger partial charge in [-0.25, -0.2) is 4.79 Å². The summed E-state index contributed by atoms with van der Waals surface area (Å²) >= 11 is 11.9. The molecular formula is C20H23Cl2NO3. The van der Waals surface area contributed by atoms with Crippen molar-refractivity contribution >= 4 is 41.2 Å². The van der Waals surface area contributed by atoms with Gasteiger partial charge in [0.05, 0.1) is 0 Å². The highest BCUT2D eigenvalue weighted by Crippen LogP contribution is 2.22. The maximum Gasteiger partial charge on any atom is 0.331 e. The van der Waals surface area contributed by atoms with E-state index in [0.717, 1.165) is 19.3 Å². The van der Waals surface area contributed by atoms with E-state index in [-0.39, 0.29) is 5.91 Å². The molecule has 1 aromatic carbocycles. The molecule has 1 aliphatic rings. The third-order valence-electron chi connectivity index (χ3n) is 4.15. The number of carbonyl (C=O) groups excluding carboxylic acids is 2. The summed E-state index contributed by atoms with van der Waals surface area (Å²) in [5.41, 5.74) is 2.04. The van der Waals surface area contributed by atoms with E-state index < -0.39 is 12.1 Å². The summed E-state index contributed by atoms with van der Waals surface area (Å²) < 4.78 is 5.12. The van der Waals surface area contributed by atoms with Gasteiger partial charge >= 0.3 is 5.97 Å². The van der Waals surface area contributed by atoms with Crippen molar-refractivity contribution in [1.82, 2.24) is 5.32 Å². The average molecular weight is 396 g/mol. The van der Waals surface area contributed by atoms with Gasteiger partial charge in [-0.15, -0.1) is 0 Å². The second-order valence-electron chi connectivity index (χ2n) is 6.23. The standard InChI is InChI=1S/C20H23Cl2NO3/c1-14(20(25)23-12-11-15-5-3-2-4-6-15)26-19(24)10-8-16-7-9-17(21)13-18(16)22/h5,7-10,13-14H,2-4,6,11-12H2,1H3,(H,23,25)/b10-8+/t14-/m0/s1. The molecule has 0 saturated carbocycles. The Hall–Kier alpha value is -1.78. The Morgan fingerprint density at radius 3 is 2.81 bits per heavy atom. The van der Waals surface area contributed by atoms with Crippen molar-refractivity contribution in [3.63, 3.8) is 0 Å². The van der Waals surface area contributed by atoms with Crippen LogP contribution in [0.25, 0.3) is 6.08 Å². The van der Waals surface area contributed by atoms with Crippen molar-refractivity contribution in [1.29, 1.82) is 0 Å². The topological polar surface area (TPSA) is 55.4 Å². The quantitative estimate of drug-likeness (QED) is 0.403. The summed E-state index contributed by atoms with van der Waals surface area (Å²) in [5, 5.41) is 3.76. The van der Waals surface area contributed by atoms with Gasteiger partial charge in [0, 0.05) is 22.7 Å². The molecule has 0 aliphatic heterocycles. The molecule has 0 saturated heterocycles. The van der Waals surface area contributed by atoms with E-state index in [2.05, 4.69) is 11.4 Å². The first-order chi connectivity index (χ1) is 12.5. The number of halogens is 2. The zero-order valence-corrected chi connectivity index (χ0v) is 16.3. The van der Waals surface area contributed by atoms with Crippen molar-refractivity contribution < 1.29 is 14.3 Å². The van der Waals surface area contributed by atoms with Crippen molar-refractivity contribution in [3.8, 4) is 0 Å². The molecule has 1 aliphatic carbocycles. The highest BCUT2D eigenvalue weighted by Gasteiger charge is 2.16. The number of rotatable bonds is 7. The predicted octanol–water partition coefficient (Wildman–Crippen LogP) is 4.95. The third kappa shape index (κ3) is 6.85. The molecule has 140 valence electrons. The molecule has 1 N–H and O–H groups in total. The third-order valence-corrected chi connectivity index (χ3v) is 4.72. The fourth-order valence-electron chi connectivity index (χ4n) is 2.68. The first kappa shape index (κ1) is 20.5. The van der Waals surface area contributed by atoms with E-state index in [1.165, 1.54) is 30.6 Å². The van der Waals surface area contributed by atoms with Crippen LogP contribution in [0.5, 0.6) is 0 Å². The van der Waals surface area contributed by atoms with E-state index in [1.807, 2.05) is 0 Å². The van der Waals surface area contributed by atoms with Crippen LogP contribution in [0, 0.1) is 0 Å². The summed E-state index contributed by atoms with van der Waals surface area (Å²) in [5.74, 6) is -0.902. The van der Waals surface area contributed by atoms with Crippen molar-refractivity contribution in [2.45, 2.75) is 45.1 Å². The Labute approximate surface area is 164 Å². The van der Waals surface area contributed by atoms with Gasteiger partial charge < -0.3 is 10.1 Å². The zero-order chi connectivity index (χ0) is 18.9. The van der Waals surface area contributed by atoms with Gasteiger partial charge in [-0.1, -0.05) is 40.9 Å². The van der Waals surface area contributed by atoms with Crippen LogP contribution < -0.4 is 5.32 Å². The molecule has 1 amide bonds. The molecule has 0 unspecified atom stereocenters. The number of benzene rings is 1. The molecule has 6 heteroatoms. The monoisotopic (exact) mass is 395 g/mol. The fraction of sp³-hybridized carbons (Fsp3) is 0.400. The molecule has 1 aromatic rings. The number of hydrogen-bond donors (Lipinski definition) is 1. The maximum absolute atomic E-state index is 12.0. The number of carbonyl (C=O) groups is 2. The number of nitrogens with one attached hydrogen (secondary N) is 1. The van der Waals surface area contributed by atoms with Gasteiger partial charge in [0.25, 0.3) is 5.91 Å². The lowest BCUT2D eigenvalue weighted by atomic mass is 9.97. The lowest BCUT2D eigenvalue weighted by Gasteiger charge is -2.15. The molecule has 0 heterocycles. The lowest BCUT2D eigenvalue weighted by Crippen LogP contribution is -2.36. The Kier molecular flexibility index (Phi) is 8.20. The Balaban J connectivity index is 1.75. The minimum atomic E-state index is -0.854. The molecule has 4 nitrogen and oxygen atoms in total. The van der Waals surface area contributed by atoms with Crippen LogP contribution in [0.4, 0.5) is 0 Å². The molecule has 0 aromatic heterocycles. The van der Waals surface area contributed by atoms with E-state index >= 15 is 0 Å². The fourth-order valence-corrected chi connectivity index (χ4v) is 3.15. The van der Waals surface area contributed by atoms with Crippen molar-refractivity contribution in [3.05, 3.63) is 51.5 Å². The summed E-state index contributed by atoms with van der Waals surface area (Å²) in [6, 6.07) is 4.97. The molecule has 0 radical (unpaired) electrons. The second-order valence-corrected chi connectivity index (χ2v) is 7.07. The summed E-state index contributed by atoms with van der Waals surface area (Å²) in [6.45, 7) is 2.11. The normalized spacial score (nSPS) is 15.4. The van der Waals surface area contributed by atoms with Gasteiger partial charge in [-0.05, 0) is 62.8 Å². The van der Waals surface area contributed by atoms with Crippen LogP contribution in [0.15, 0.2) is 35.9 Å². The van der Waals surface area contributed by atoms with Gasteiger partial charge in [0.15, 0.2) is 6.10 Å². The summed E-state index contributed by atoms with van der Waals surface area (Å²) in [6.07, 6.45) is 9.73. The Bertz CT molecular complexity index is 713. The molecule has 2 rings (SSSR count). The Morgan fingerprint density at radius 2 is 2.12 bits per heavy atom. The van der Waals surface area contributed by atoms with Gasteiger partial charge in [0.2, 0.25) is 0 Å². The highest BCUT2D eigenvalue weighted by atomic mass is 35.5. The molecular weight excluding hydrogens is 373 g/mol. The highest BCUT2D eigenvalue weighted by molar-refractivity contribution is 6.35. The molecule has 0 spiro atoms. The minimum Gasteiger partial charge on any atom is -0.449 e. The van der Waals surface area contributed by atoms with Crippen LogP contribution in [-0.4, -0.2) is 24.5 Å². The van der Waals surface area contributed by atoms with Gasteiger partial charge in [-0.2, -0.15) is 0 Å². The van der Waals surface area contributed by atoms with Crippen molar-refractivity contribution in [2.24, 2.45) is 0 Å². The number of amides is 1. The van der Waals surface area contributed by atoms with Crippen LogP contribution in [-0.2, 0) is 14.3 Å². The SMILES string of the molecule is C[C@H](OC(=O)/C=C/c1ccc(Cl)cc1Cl)C(=O)NCCC1=CCCCC1. The van der Waals surface area contributed by atoms with E-state index in [9.17, 15) is 9.59 Å². The minimum absolute atomic E-state index is 0.298. The average Bonchev–Trinajstić information content (AvgIpc) is 2.61. The Morgan fingerprint density at radius 1 is 1.31 bits per heavy atom. The van der Waals surface area contributed by atoms with Crippen LogP contribution in [0.2, 0.25) is 10.0 Å². The zero-order valence-electron chi connectivity index (χ0n) is 14.8. The largest absolute Gasteiger partial charge is 0.449 e. The number of allylic oxidation sites excluding steroid dienone is 1. The first-order valence-corrected chi connectivity index (χ1v) is 9.50. The maximum atomic E-state index is 12.0. The molecule has 0 bridgehead atoms. The van der Waals surface area contributed by atoms with Crippen LogP contribution in [0.1, 0.15) is 44.6 Å². The van der Waals surface area contributed by atoms with Gasteiger partial charge in [-0.3, -0.25) is 4.79 Å². The number of hydrogen-bond acceptors (Lipinski definition) is 3. The molecule has 26 heavy (non-hydrogen) atoms. The first-order valence-electron chi connectivity index (χ1n) is 8.75. The van der Waals surface area contributed by atoms with Crippen LogP contribution in [0.3, 0.4) is 0 Å². The molecule has 0 fully saturated rings. The smallest absolute Gasteiger partial charge is 0.331 e. The number of esters is 1. The molecule has 1 atom stereocenters. The summed E-state index contributed by atoms with van der Waals surface area (Å²) in [7, 11) is 0. The second kappa shape index (κ2) is 10.4. The van der Waals surface area contributed by atoms with Crippen LogP contribution >= 0.6 is 23.2 Å². The lowest BCUT2D eigenvalue weighted by molar-refractivity contribution is -0.150. The summed E-state index contributed by atoms with van der Waals surface area (Å²) in [4.78, 5) is 23.9. The predicted molar refractivity (Wildman–Crippen MR) is 105 cm³/mol. The van der Waals surface area contributed by atoms with E-state index in [4.69, 9.17) is 27.9 Å². The van der Waals surface area contributed by atoms with Gasteiger partial charge in [0.1, 0.15) is 0 Å². The van der Waals surface area contributed by atoms with E-state index in [0.29, 0.717) is 22.2 Å². The van der Waals surface area contributed by atoms with Crippen molar-refractivity contribution in [2.75, 3.05) is 6.54 Å².